The van der Waals surface area contributed by atoms with E-state index in [0.717, 1.165) is 48.3 Å². The second-order valence-corrected chi connectivity index (χ2v) is 10.8. The van der Waals surface area contributed by atoms with E-state index >= 15 is 4.39 Å². The molecular weight excluding hydrogens is 535 g/mol. The van der Waals surface area contributed by atoms with Crippen LogP contribution >= 0.6 is 11.8 Å². The minimum atomic E-state index is -3.44. The topological polar surface area (TPSA) is 132 Å². The van der Waals surface area contributed by atoms with Crippen molar-refractivity contribution in [2.75, 3.05) is 11.9 Å². The number of thioether (sulfide) groups is 1. The number of hydrogen-bond acceptors (Lipinski definition) is 9. The number of aliphatic imine (C=N–C) groups is 2. The van der Waals surface area contributed by atoms with E-state index in [4.69, 9.17) is 5.73 Å². The van der Waals surface area contributed by atoms with Gasteiger partial charge < -0.3 is 15.8 Å². The van der Waals surface area contributed by atoms with Crippen LogP contribution in [0.5, 0.6) is 5.75 Å². The first kappa shape index (κ1) is 29.0. The summed E-state index contributed by atoms with van der Waals surface area (Å²) >= 11 is 1.04. The summed E-state index contributed by atoms with van der Waals surface area (Å²) in [6.07, 6.45) is 1.16. The standard InChI is InChI=1S/C23H23F5N6O3S/c1-21(2)19(29)34-22(3,15(38-21)8-23(27,28)10-30-11-35)17-13(24)5-7-16(32-17)33-18(36)14-6-4-12(9-31-14)37-20(25)26/h4-7,9,15,20H,8,10H2,1-3H3,(H2,29,34)(H,32,33,36)/t15-,22+/m1/s1. The zero-order chi connectivity index (χ0) is 28.3. The summed E-state index contributed by atoms with van der Waals surface area (Å²) in [5.74, 6) is -5.47. The van der Waals surface area contributed by atoms with E-state index in [1.165, 1.54) is 6.92 Å². The lowest BCUT2D eigenvalue weighted by Gasteiger charge is -2.44. The van der Waals surface area contributed by atoms with Crippen molar-refractivity contribution in [1.82, 2.24) is 9.97 Å². The smallest absolute Gasteiger partial charge is 0.387 e. The third-order valence-electron chi connectivity index (χ3n) is 5.65. The lowest BCUT2D eigenvalue weighted by molar-refractivity contribution is -0.0500. The molecule has 2 aromatic rings. The molecule has 15 heteroatoms. The van der Waals surface area contributed by atoms with Gasteiger partial charge in [0, 0.05) is 11.7 Å². The van der Waals surface area contributed by atoms with Crippen molar-refractivity contribution >= 4 is 35.4 Å². The molecule has 1 amide bonds. The Morgan fingerprint density at radius 2 is 2.00 bits per heavy atom. The van der Waals surface area contributed by atoms with Gasteiger partial charge in [-0.25, -0.2) is 27.9 Å². The Kier molecular flexibility index (Phi) is 8.42. The average Bonchev–Trinajstić information content (AvgIpc) is 2.82. The molecule has 0 radical (unpaired) electrons. The van der Waals surface area contributed by atoms with Crippen molar-refractivity contribution < 1.29 is 36.3 Å². The predicted octanol–water partition coefficient (Wildman–Crippen LogP) is 4.30. The molecule has 3 N–H and O–H groups in total. The maximum absolute atomic E-state index is 15.1. The number of hydrogen-bond donors (Lipinski definition) is 2. The maximum atomic E-state index is 15.1. The molecule has 204 valence electrons. The van der Waals surface area contributed by atoms with Gasteiger partial charge in [-0.3, -0.25) is 9.79 Å². The highest BCUT2D eigenvalue weighted by Crippen LogP contribution is 2.50. The molecule has 3 heterocycles. The first-order valence-electron chi connectivity index (χ1n) is 11.0. The number of anilines is 1. The summed E-state index contributed by atoms with van der Waals surface area (Å²) in [5.41, 5.74) is 3.87. The maximum Gasteiger partial charge on any atom is 0.387 e. The van der Waals surface area contributed by atoms with E-state index < -0.39 is 52.8 Å². The van der Waals surface area contributed by atoms with Crippen molar-refractivity contribution in [2.45, 2.75) is 55.3 Å². The number of nitrogens with two attached hydrogens (primary N) is 1. The van der Waals surface area contributed by atoms with Crippen LogP contribution < -0.4 is 15.8 Å². The summed E-state index contributed by atoms with van der Waals surface area (Å²) in [7, 11) is 0. The van der Waals surface area contributed by atoms with Gasteiger partial charge in [0.2, 0.25) is 6.08 Å². The van der Waals surface area contributed by atoms with Gasteiger partial charge in [-0.1, -0.05) is 0 Å². The SMILES string of the molecule is CC1(C)S[C@H](CC(F)(F)CN=C=O)[C@@](C)(c2nc(NC(=O)c3ccc(OC(F)F)cn3)ccc2F)N=C1N. The zero-order valence-electron chi connectivity index (χ0n) is 20.3. The number of nitrogens with one attached hydrogen (secondary N) is 1. The van der Waals surface area contributed by atoms with E-state index in [-0.39, 0.29) is 28.8 Å². The van der Waals surface area contributed by atoms with Crippen LogP contribution in [-0.4, -0.2) is 56.9 Å². The number of isocyanates is 1. The highest BCUT2D eigenvalue weighted by molar-refractivity contribution is 8.02. The highest BCUT2D eigenvalue weighted by Gasteiger charge is 2.51. The molecule has 38 heavy (non-hydrogen) atoms. The number of amidine groups is 1. The third-order valence-corrected chi connectivity index (χ3v) is 7.36. The number of ether oxygens (including phenoxy) is 1. The molecule has 1 aliphatic rings. The first-order valence-corrected chi connectivity index (χ1v) is 11.9. The Morgan fingerprint density at radius 1 is 1.29 bits per heavy atom. The molecule has 0 aromatic carbocycles. The number of nitrogens with zero attached hydrogens (tertiary/aromatic N) is 4. The second-order valence-electron chi connectivity index (χ2n) is 8.97. The molecule has 0 bridgehead atoms. The van der Waals surface area contributed by atoms with Gasteiger partial charge in [-0.2, -0.15) is 13.8 Å². The third kappa shape index (κ3) is 6.64. The molecule has 9 nitrogen and oxygen atoms in total. The molecule has 0 unspecified atom stereocenters. The van der Waals surface area contributed by atoms with Crippen LogP contribution in [0.15, 0.2) is 40.4 Å². The Hall–Kier alpha value is -3.58. The fourth-order valence-electron chi connectivity index (χ4n) is 3.65. The number of carbonyl (C=O) groups is 1. The zero-order valence-corrected chi connectivity index (χ0v) is 21.2. The highest BCUT2D eigenvalue weighted by atomic mass is 32.2. The summed E-state index contributed by atoms with van der Waals surface area (Å²) in [5, 5.41) is 1.33. The number of alkyl halides is 4. The molecule has 1 aliphatic heterocycles. The normalized spacial score (nSPS) is 20.9. The van der Waals surface area contributed by atoms with Crippen LogP contribution in [0.2, 0.25) is 0 Å². The minimum absolute atomic E-state index is 0.0708. The van der Waals surface area contributed by atoms with E-state index in [1.807, 2.05) is 0 Å². The molecule has 0 saturated heterocycles. The Balaban J connectivity index is 1.95. The number of amides is 1. The summed E-state index contributed by atoms with van der Waals surface area (Å²) in [4.78, 5) is 38.2. The van der Waals surface area contributed by atoms with E-state index in [1.54, 1.807) is 13.8 Å². The van der Waals surface area contributed by atoms with Crippen LogP contribution in [0, 0.1) is 5.82 Å². The van der Waals surface area contributed by atoms with Gasteiger partial charge in [0.05, 0.1) is 10.9 Å². The molecule has 0 spiro atoms. The van der Waals surface area contributed by atoms with Crippen molar-refractivity contribution in [1.29, 1.82) is 0 Å². The van der Waals surface area contributed by atoms with Crippen LogP contribution in [0.4, 0.5) is 27.8 Å². The first-order chi connectivity index (χ1) is 17.7. The van der Waals surface area contributed by atoms with E-state index in [2.05, 4.69) is 30.0 Å². The van der Waals surface area contributed by atoms with Crippen LogP contribution in [-0.2, 0) is 10.3 Å². The van der Waals surface area contributed by atoms with Gasteiger partial charge in [-0.15, -0.1) is 11.8 Å². The Morgan fingerprint density at radius 3 is 2.61 bits per heavy atom. The largest absolute Gasteiger partial charge is 0.433 e. The van der Waals surface area contributed by atoms with Crippen LogP contribution in [0.1, 0.15) is 43.4 Å². The van der Waals surface area contributed by atoms with Crippen LogP contribution in [0.25, 0.3) is 0 Å². The number of carbonyl (C=O) groups excluding carboxylic acids is 2. The molecule has 0 saturated carbocycles. The van der Waals surface area contributed by atoms with Crippen molar-refractivity contribution in [3.05, 3.63) is 47.7 Å². The van der Waals surface area contributed by atoms with Gasteiger partial charge in [0.15, 0.2) is 0 Å². The lowest BCUT2D eigenvalue weighted by atomic mass is 9.88. The van der Waals surface area contributed by atoms with Gasteiger partial charge >= 0.3 is 6.61 Å². The monoisotopic (exact) mass is 558 g/mol. The van der Waals surface area contributed by atoms with Crippen molar-refractivity contribution in [3.8, 4) is 5.75 Å². The van der Waals surface area contributed by atoms with Gasteiger partial charge in [0.25, 0.3) is 11.8 Å². The Labute approximate surface area is 218 Å². The van der Waals surface area contributed by atoms with Gasteiger partial charge in [-0.05, 0) is 45.0 Å². The fraction of sp³-hybridized carbons (Fsp3) is 0.435. The summed E-state index contributed by atoms with van der Waals surface area (Å²) in [6.45, 7) is 0.572. The number of pyridine rings is 2. The fourth-order valence-corrected chi connectivity index (χ4v) is 5.25. The molecule has 3 rings (SSSR count). The van der Waals surface area contributed by atoms with Gasteiger partial charge in [0.1, 0.15) is 46.7 Å². The molecule has 0 aliphatic carbocycles. The minimum Gasteiger partial charge on any atom is -0.433 e. The summed E-state index contributed by atoms with van der Waals surface area (Å²) < 4.78 is 72.3. The lowest BCUT2D eigenvalue weighted by Crippen LogP contribution is -2.51. The van der Waals surface area contributed by atoms with E-state index in [0.29, 0.717) is 0 Å². The molecule has 2 atom stereocenters. The second kappa shape index (κ2) is 11.0. The molecule has 0 fully saturated rings. The van der Waals surface area contributed by atoms with Crippen molar-refractivity contribution in [2.24, 2.45) is 15.7 Å². The van der Waals surface area contributed by atoms with Crippen LogP contribution in [0.3, 0.4) is 0 Å². The van der Waals surface area contributed by atoms with E-state index in [9.17, 15) is 27.2 Å². The number of rotatable bonds is 9. The number of aromatic nitrogens is 2. The Bertz CT molecular complexity index is 1270. The number of halogens is 5. The average molecular weight is 559 g/mol. The molecular formula is C23H23F5N6O3S. The van der Waals surface area contributed by atoms with Crippen molar-refractivity contribution in [3.63, 3.8) is 0 Å². The predicted molar refractivity (Wildman–Crippen MR) is 130 cm³/mol. The summed E-state index contributed by atoms with van der Waals surface area (Å²) in [6, 6.07) is 4.36. The quantitative estimate of drug-likeness (QED) is 0.267. The molecule has 2 aromatic heterocycles.